The van der Waals surface area contributed by atoms with Crippen LogP contribution in [0.3, 0.4) is 0 Å². The number of benzene rings is 1. The molecule has 1 atom stereocenters. The molecule has 5 nitrogen and oxygen atoms in total. The van der Waals surface area contributed by atoms with Gasteiger partial charge in [0.2, 0.25) is 5.91 Å². The van der Waals surface area contributed by atoms with Crippen LogP contribution >= 0.6 is 11.6 Å². The number of carbonyl (C=O) groups is 2. The molecular formula is C17H20ClF3N2O3. The standard InChI is InChI=1S/C17H20ClF3N2O3/c1-2-26-16(25)13-8-3-4-9-23(13)10-14(24)22-15-11(17(19,20)21)6-5-7-12(15)18/h5-7,13H,2-4,8-10H2,1H3,(H,22,24)/t13-/m1/s1. The maximum atomic E-state index is 13.1. The number of alkyl halides is 3. The van der Waals surface area contributed by atoms with Crippen molar-refractivity contribution in [3.63, 3.8) is 0 Å². The van der Waals surface area contributed by atoms with Gasteiger partial charge in [-0.15, -0.1) is 0 Å². The predicted molar refractivity (Wildman–Crippen MR) is 90.9 cm³/mol. The van der Waals surface area contributed by atoms with Gasteiger partial charge in [0.15, 0.2) is 0 Å². The molecule has 1 aromatic rings. The summed E-state index contributed by atoms with van der Waals surface area (Å²) in [5.41, 5.74) is -1.49. The quantitative estimate of drug-likeness (QED) is 0.776. The van der Waals surface area contributed by atoms with Crippen LogP contribution in [0.4, 0.5) is 18.9 Å². The third kappa shape index (κ3) is 5.11. The van der Waals surface area contributed by atoms with Gasteiger partial charge in [0.05, 0.1) is 29.4 Å². The zero-order valence-electron chi connectivity index (χ0n) is 14.2. The summed E-state index contributed by atoms with van der Waals surface area (Å²) in [5.74, 6) is -1.09. The number of nitrogens with one attached hydrogen (secondary N) is 1. The van der Waals surface area contributed by atoms with Gasteiger partial charge in [-0.1, -0.05) is 24.1 Å². The van der Waals surface area contributed by atoms with Crippen molar-refractivity contribution in [3.8, 4) is 0 Å². The van der Waals surface area contributed by atoms with Gasteiger partial charge in [0, 0.05) is 0 Å². The topological polar surface area (TPSA) is 58.6 Å². The Morgan fingerprint density at radius 1 is 1.35 bits per heavy atom. The average Bonchev–Trinajstić information content (AvgIpc) is 2.56. The van der Waals surface area contributed by atoms with Crippen molar-refractivity contribution in [1.29, 1.82) is 0 Å². The molecule has 144 valence electrons. The summed E-state index contributed by atoms with van der Waals surface area (Å²) in [5, 5.41) is 2.04. The Hall–Kier alpha value is -1.80. The highest BCUT2D eigenvalue weighted by molar-refractivity contribution is 6.34. The second-order valence-corrected chi connectivity index (χ2v) is 6.35. The molecule has 1 aromatic carbocycles. The van der Waals surface area contributed by atoms with Gasteiger partial charge in [0.25, 0.3) is 0 Å². The molecule has 0 radical (unpaired) electrons. The van der Waals surface area contributed by atoms with Crippen LogP contribution in [0.15, 0.2) is 18.2 Å². The van der Waals surface area contributed by atoms with E-state index in [4.69, 9.17) is 16.3 Å². The van der Waals surface area contributed by atoms with Crippen molar-refractivity contribution in [2.75, 3.05) is 25.0 Å². The molecule has 0 saturated carbocycles. The Labute approximate surface area is 154 Å². The monoisotopic (exact) mass is 392 g/mol. The Morgan fingerprint density at radius 3 is 2.73 bits per heavy atom. The summed E-state index contributed by atoms with van der Waals surface area (Å²) >= 11 is 5.84. The first-order chi connectivity index (χ1) is 12.2. The number of halogens is 4. The third-order valence-electron chi connectivity index (χ3n) is 4.10. The van der Waals surface area contributed by atoms with Crippen molar-refractivity contribution >= 4 is 29.2 Å². The summed E-state index contributed by atoms with van der Waals surface area (Å²) in [4.78, 5) is 26.0. The number of amides is 1. The molecule has 1 amide bonds. The zero-order chi connectivity index (χ0) is 19.3. The molecule has 1 N–H and O–H groups in total. The zero-order valence-corrected chi connectivity index (χ0v) is 15.0. The van der Waals surface area contributed by atoms with Gasteiger partial charge in [-0.2, -0.15) is 13.2 Å². The first-order valence-corrected chi connectivity index (χ1v) is 8.68. The molecule has 1 aliphatic heterocycles. The van der Waals surface area contributed by atoms with Gasteiger partial charge >= 0.3 is 12.1 Å². The van der Waals surface area contributed by atoms with Crippen LogP contribution in [0, 0.1) is 0 Å². The number of likely N-dealkylation sites (tertiary alicyclic amines) is 1. The molecule has 0 bridgehead atoms. The summed E-state index contributed by atoms with van der Waals surface area (Å²) in [7, 11) is 0. The van der Waals surface area contributed by atoms with E-state index >= 15 is 0 Å². The van der Waals surface area contributed by atoms with Gasteiger partial charge in [-0.3, -0.25) is 14.5 Å². The second-order valence-electron chi connectivity index (χ2n) is 5.94. The number of hydrogen-bond donors (Lipinski definition) is 1. The van der Waals surface area contributed by atoms with Crippen molar-refractivity contribution in [2.24, 2.45) is 0 Å². The second kappa shape index (κ2) is 8.73. The fourth-order valence-corrected chi connectivity index (χ4v) is 3.16. The highest BCUT2D eigenvalue weighted by atomic mass is 35.5. The SMILES string of the molecule is CCOC(=O)[C@H]1CCCCN1CC(=O)Nc1c(Cl)cccc1C(F)(F)F. The molecule has 9 heteroatoms. The van der Waals surface area contributed by atoms with Crippen molar-refractivity contribution in [1.82, 2.24) is 4.90 Å². The number of hydrogen-bond acceptors (Lipinski definition) is 4. The summed E-state index contributed by atoms with van der Waals surface area (Å²) in [6.45, 7) is 2.19. The van der Waals surface area contributed by atoms with E-state index in [0.29, 0.717) is 13.0 Å². The molecule has 0 unspecified atom stereocenters. The molecule has 1 fully saturated rings. The number of piperidine rings is 1. The largest absolute Gasteiger partial charge is 0.465 e. The number of nitrogens with zero attached hydrogens (tertiary/aromatic N) is 1. The van der Waals surface area contributed by atoms with E-state index in [0.717, 1.165) is 18.9 Å². The number of para-hydroxylation sites is 1. The molecule has 1 heterocycles. The van der Waals surface area contributed by atoms with Gasteiger partial charge in [0.1, 0.15) is 6.04 Å². The normalized spacial score (nSPS) is 18.4. The molecule has 2 rings (SSSR count). The van der Waals surface area contributed by atoms with Crippen LogP contribution in [0.1, 0.15) is 31.7 Å². The van der Waals surface area contributed by atoms with Crippen LogP contribution < -0.4 is 5.32 Å². The number of carbonyl (C=O) groups excluding carboxylic acids is 2. The van der Waals surface area contributed by atoms with E-state index in [2.05, 4.69) is 5.32 Å². The Bertz CT molecular complexity index is 667. The minimum atomic E-state index is -4.65. The van der Waals surface area contributed by atoms with Crippen LogP contribution in [0.25, 0.3) is 0 Å². The lowest BCUT2D eigenvalue weighted by Crippen LogP contribution is -2.48. The predicted octanol–water partition coefficient (Wildman–Crippen LogP) is 3.71. The maximum absolute atomic E-state index is 13.1. The number of anilines is 1. The highest BCUT2D eigenvalue weighted by Gasteiger charge is 2.35. The van der Waals surface area contributed by atoms with Gasteiger partial charge in [-0.25, -0.2) is 0 Å². The number of esters is 1. The molecule has 1 aliphatic rings. The summed E-state index contributed by atoms with van der Waals surface area (Å²) < 4.78 is 44.3. The number of ether oxygens (including phenoxy) is 1. The molecule has 0 spiro atoms. The Kier molecular flexibility index (Phi) is 6.88. The molecule has 0 aliphatic carbocycles. The summed E-state index contributed by atoms with van der Waals surface area (Å²) in [6, 6.07) is 2.73. The van der Waals surface area contributed by atoms with Crippen molar-refractivity contribution in [2.45, 2.75) is 38.4 Å². The van der Waals surface area contributed by atoms with E-state index in [1.807, 2.05) is 0 Å². The third-order valence-corrected chi connectivity index (χ3v) is 4.42. The van der Waals surface area contributed by atoms with E-state index < -0.39 is 35.3 Å². The summed E-state index contributed by atoms with van der Waals surface area (Å²) in [6.07, 6.45) is -2.48. The van der Waals surface area contributed by atoms with Crippen LogP contribution in [-0.4, -0.2) is 42.5 Å². The molecule has 26 heavy (non-hydrogen) atoms. The van der Waals surface area contributed by atoms with E-state index in [1.165, 1.54) is 12.1 Å². The first kappa shape index (κ1) is 20.5. The van der Waals surface area contributed by atoms with E-state index in [-0.39, 0.29) is 18.2 Å². The van der Waals surface area contributed by atoms with E-state index in [1.54, 1.807) is 11.8 Å². The maximum Gasteiger partial charge on any atom is 0.418 e. The van der Waals surface area contributed by atoms with Crippen molar-refractivity contribution < 1.29 is 27.5 Å². The van der Waals surface area contributed by atoms with E-state index in [9.17, 15) is 22.8 Å². The fraction of sp³-hybridized carbons (Fsp3) is 0.529. The average molecular weight is 393 g/mol. The molecular weight excluding hydrogens is 373 g/mol. The molecule has 1 saturated heterocycles. The lowest BCUT2D eigenvalue weighted by molar-refractivity contribution is -0.151. The first-order valence-electron chi connectivity index (χ1n) is 8.30. The Balaban J connectivity index is 2.12. The van der Waals surface area contributed by atoms with Crippen LogP contribution in [0.5, 0.6) is 0 Å². The number of rotatable bonds is 5. The van der Waals surface area contributed by atoms with Crippen LogP contribution in [-0.2, 0) is 20.5 Å². The smallest absolute Gasteiger partial charge is 0.418 e. The highest BCUT2D eigenvalue weighted by Crippen LogP contribution is 2.38. The minimum Gasteiger partial charge on any atom is -0.465 e. The lowest BCUT2D eigenvalue weighted by Gasteiger charge is -2.33. The fourth-order valence-electron chi connectivity index (χ4n) is 2.94. The van der Waals surface area contributed by atoms with Crippen molar-refractivity contribution in [3.05, 3.63) is 28.8 Å². The molecule has 0 aromatic heterocycles. The van der Waals surface area contributed by atoms with Gasteiger partial charge in [-0.05, 0) is 38.4 Å². The van der Waals surface area contributed by atoms with Crippen LogP contribution in [0.2, 0.25) is 5.02 Å². The minimum absolute atomic E-state index is 0.200. The Morgan fingerprint density at radius 2 is 2.08 bits per heavy atom. The lowest BCUT2D eigenvalue weighted by atomic mass is 10.0. The van der Waals surface area contributed by atoms with Gasteiger partial charge < -0.3 is 10.1 Å².